The lowest BCUT2D eigenvalue weighted by Crippen LogP contribution is -2.66. The first-order chi connectivity index (χ1) is 24.1. The number of carbonyl (C=O) groups excluding carboxylic acids is 5. The summed E-state index contributed by atoms with van der Waals surface area (Å²) >= 11 is 0. The van der Waals surface area contributed by atoms with Crippen LogP contribution in [0.15, 0.2) is 0 Å². The maximum atomic E-state index is 14.9. The third-order valence-corrected chi connectivity index (χ3v) is 15.1. The first-order valence-corrected chi connectivity index (χ1v) is 21.2. The Kier molecular flexibility index (Phi) is 10.9. The van der Waals surface area contributed by atoms with Crippen molar-refractivity contribution >= 4 is 39.4 Å². The van der Waals surface area contributed by atoms with Crippen molar-refractivity contribution in [1.82, 2.24) is 26.2 Å². The number of carbonyl (C=O) groups is 5. The highest BCUT2D eigenvalue weighted by molar-refractivity contribution is 7.92. The molecule has 1 unspecified atom stereocenters. The molecule has 286 valence electrons. The Hall–Kier alpha value is -2.74. The number of Topliss-reactive ketones (excluding diaryl/α,β-unsaturated/α-hetero) is 1. The van der Waals surface area contributed by atoms with Crippen LogP contribution in [0.1, 0.15) is 118 Å². The van der Waals surface area contributed by atoms with Gasteiger partial charge in [-0.1, -0.05) is 79.1 Å². The zero-order chi connectivity index (χ0) is 36.8. The van der Waals surface area contributed by atoms with Crippen molar-refractivity contribution in [2.75, 3.05) is 25.4 Å². The van der Waals surface area contributed by atoms with Crippen molar-refractivity contribution in [3.8, 4) is 0 Å². The largest absolute Gasteiger partial charge is 0.359 e. The lowest BCUT2D eigenvalue weighted by atomic mass is 9.70. The fraction of sp³-hybridized carbons (Fsp3) is 0.865. The number of piperidine rings is 1. The molecule has 51 heavy (non-hydrogen) atoms. The molecule has 4 N–H and O–H groups in total. The number of hydrogen-bond donors (Lipinski definition) is 4. The van der Waals surface area contributed by atoms with Crippen LogP contribution in [-0.2, 0) is 33.8 Å². The molecular formula is C37H59N5O8S. The molecule has 0 aromatic carbocycles. The Labute approximate surface area is 302 Å². The molecule has 6 rings (SSSR count). The minimum Gasteiger partial charge on any atom is -0.359 e. The first kappa shape index (κ1) is 38.0. The summed E-state index contributed by atoms with van der Waals surface area (Å²) in [6.07, 6.45) is 10.6. The van der Waals surface area contributed by atoms with Crippen molar-refractivity contribution in [2.45, 2.75) is 147 Å². The van der Waals surface area contributed by atoms with E-state index in [0.717, 1.165) is 51.4 Å². The quantitative estimate of drug-likeness (QED) is 0.209. The number of hydrogen-bond acceptors (Lipinski definition) is 8. The third kappa shape index (κ3) is 7.68. The molecule has 0 aromatic rings. The number of nitrogens with zero attached hydrogens (tertiary/aromatic N) is 1. The SMILES string of the molecule is CCCNC(=O)C(=O)[C@H](CC1CC1)NC(=O)[C@@H]1[C@@H]2[C@H](CN1C(=O)[C@@H](NC(=O)NC1(C3OCCS3(=O)=O)CCCCC1)C1(C)CCCCC1)C2(C)C. The molecule has 6 fully saturated rings. The van der Waals surface area contributed by atoms with Crippen LogP contribution in [-0.4, -0.2) is 97.4 Å². The van der Waals surface area contributed by atoms with Crippen LogP contribution in [0, 0.1) is 28.6 Å². The van der Waals surface area contributed by atoms with Crippen molar-refractivity contribution in [3.05, 3.63) is 0 Å². The fourth-order valence-electron chi connectivity index (χ4n) is 9.80. The second kappa shape index (κ2) is 14.6. The summed E-state index contributed by atoms with van der Waals surface area (Å²) < 4.78 is 31.9. The van der Waals surface area contributed by atoms with Gasteiger partial charge in [-0.25, -0.2) is 13.2 Å². The van der Waals surface area contributed by atoms with E-state index in [1.54, 1.807) is 4.90 Å². The number of sulfone groups is 1. The molecule has 0 bridgehead atoms. The van der Waals surface area contributed by atoms with Gasteiger partial charge in [-0.05, 0) is 67.1 Å². The van der Waals surface area contributed by atoms with Crippen LogP contribution in [0.5, 0.6) is 0 Å². The molecule has 13 nitrogen and oxygen atoms in total. The van der Waals surface area contributed by atoms with Crippen LogP contribution in [0.2, 0.25) is 0 Å². The van der Waals surface area contributed by atoms with Crippen LogP contribution in [0.4, 0.5) is 4.79 Å². The molecule has 2 saturated heterocycles. The molecule has 2 heterocycles. The number of amides is 5. The molecule has 4 saturated carbocycles. The van der Waals surface area contributed by atoms with Gasteiger partial charge in [-0.2, -0.15) is 0 Å². The lowest BCUT2D eigenvalue weighted by Gasteiger charge is -2.45. The van der Waals surface area contributed by atoms with E-state index in [4.69, 9.17) is 4.74 Å². The Morgan fingerprint density at radius 1 is 0.902 bits per heavy atom. The molecule has 0 radical (unpaired) electrons. The van der Waals surface area contributed by atoms with E-state index in [-0.39, 0.29) is 41.4 Å². The maximum absolute atomic E-state index is 14.9. The monoisotopic (exact) mass is 733 g/mol. The van der Waals surface area contributed by atoms with Crippen molar-refractivity contribution in [1.29, 1.82) is 0 Å². The molecule has 6 aliphatic rings. The molecular weight excluding hydrogens is 675 g/mol. The zero-order valence-corrected chi connectivity index (χ0v) is 31.7. The average molecular weight is 734 g/mol. The fourth-order valence-corrected chi connectivity index (χ4v) is 11.6. The van der Waals surface area contributed by atoms with Gasteiger partial charge in [0, 0.05) is 13.1 Å². The summed E-state index contributed by atoms with van der Waals surface area (Å²) in [5, 5.41) is 11.6. The topological polar surface area (TPSA) is 180 Å². The van der Waals surface area contributed by atoms with Crippen molar-refractivity contribution in [2.24, 2.45) is 28.6 Å². The normalized spacial score (nSPS) is 31.0. The predicted octanol–water partition coefficient (Wildman–Crippen LogP) is 2.96. The summed E-state index contributed by atoms with van der Waals surface area (Å²) in [7, 11) is -3.57. The Morgan fingerprint density at radius 2 is 1.55 bits per heavy atom. The molecule has 4 aliphatic carbocycles. The molecule has 0 spiro atoms. The van der Waals surface area contributed by atoms with Gasteiger partial charge in [-0.15, -0.1) is 0 Å². The van der Waals surface area contributed by atoms with E-state index in [2.05, 4.69) is 35.1 Å². The zero-order valence-electron chi connectivity index (χ0n) is 30.9. The summed E-state index contributed by atoms with van der Waals surface area (Å²) in [4.78, 5) is 70.9. The molecule has 6 atom stereocenters. The number of nitrogens with one attached hydrogen (secondary N) is 4. The van der Waals surface area contributed by atoms with Gasteiger partial charge in [0.05, 0.1) is 23.9 Å². The summed E-state index contributed by atoms with van der Waals surface area (Å²) in [5.74, 6) is -2.03. The van der Waals surface area contributed by atoms with Gasteiger partial charge in [0.1, 0.15) is 12.1 Å². The first-order valence-electron chi connectivity index (χ1n) is 19.5. The van der Waals surface area contributed by atoms with E-state index >= 15 is 0 Å². The lowest BCUT2D eigenvalue weighted by molar-refractivity contribution is -0.146. The molecule has 2 aliphatic heterocycles. The number of rotatable bonds is 13. The Bertz CT molecular complexity index is 1480. The average Bonchev–Trinajstić information content (AvgIpc) is 3.87. The van der Waals surface area contributed by atoms with E-state index in [0.29, 0.717) is 51.6 Å². The minimum atomic E-state index is -3.57. The van der Waals surface area contributed by atoms with Gasteiger partial charge in [-0.3, -0.25) is 19.2 Å². The van der Waals surface area contributed by atoms with E-state index in [1.165, 1.54) is 0 Å². The molecule has 14 heteroatoms. The summed E-state index contributed by atoms with van der Waals surface area (Å²) in [6, 6.07) is -3.39. The van der Waals surface area contributed by atoms with Gasteiger partial charge in [0.25, 0.3) is 5.91 Å². The Morgan fingerprint density at radius 3 is 2.14 bits per heavy atom. The highest BCUT2D eigenvalue weighted by Crippen LogP contribution is 2.65. The second-order valence-electron chi connectivity index (χ2n) is 17.3. The van der Waals surface area contributed by atoms with Crippen molar-refractivity contribution in [3.63, 3.8) is 0 Å². The van der Waals surface area contributed by atoms with Gasteiger partial charge >= 0.3 is 6.03 Å². The second-order valence-corrected chi connectivity index (χ2v) is 19.4. The van der Waals surface area contributed by atoms with Crippen LogP contribution in [0.25, 0.3) is 0 Å². The number of fused-ring (bicyclic) bond motifs is 1. The highest BCUT2D eigenvalue weighted by Gasteiger charge is 2.70. The minimum absolute atomic E-state index is 0.0755. The van der Waals surface area contributed by atoms with Crippen molar-refractivity contribution < 1.29 is 37.1 Å². The number of urea groups is 1. The highest BCUT2D eigenvalue weighted by atomic mass is 32.2. The van der Waals surface area contributed by atoms with Gasteiger partial charge in [0.2, 0.25) is 17.6 Å². The molecule has 0 aromatic heterocycles. The van der Waals surface area contributed by atoms with E-state index in [9.17, 15) is 32.4 Å². The van der Waals surface area contributed by atoms with E-state index < -0.39 is 68.0 Å². The number of likely N-dealkylation sites (tertiary alicyclic amines) is 1. The van der Waals surface area contributed by atoms with Gasteiger partial charge < -0.3 is 30.9 Å². The Balaban J connectivity index is 1.24. The molecule has 5 amide bonds. The van der Waals surface area contributed by atoms with Crippen LogP contribution >= 0.6 is 0 Å². The predicted molar refractivity (Wildman–Crippen MR) is 190 cm³/mol. The number of ketones is 1. The summed E-state index contributed by atoms with van der Waals surface area (Å²) in [5.41, 5.74) is -3.00. The summed E-state index contributed by atoms with van der Waals surface area (Å²) in [6.45, 7) is 8.89. The van der Waals surface area contributed by atoms with Crippen LogP contribution < -0.4 is 21.3 Å². The standard InChI is InChI=1S/C37H59N5O8S/c1-5-18-38-31(45)28(43)25(21-23-12-13-23)39-30(44)27-26-24(35(26,2)3)22-42(27)32(46)29(36(4)14-8-6-9-15-36)40-34(47)41-37(16-10-7-11-17-37)33-50-19-20-51(33,48)49/h23-27,29,33H,5-22H2,1-4H3,(H,38,45)(H,39,44)(H2,40,41,47)/t24-,25-,26-,27-,29+,33?/m0/s1. The van der Waals surface area contributed by atoms with Crippen LogP contribution in [0.3, 0.4) is 0 Å². The van der Waals surface area contributed by atoms with E-state index in [1.807, 2.05) is 13.8 Å². The maximum Gasteiger partial charge on any atom is 0.316 e. The van der Waals surface area contributed by atoms with Gasteiger partial charge in [0.15, 0.2) is 15.3 Å². The smallest absolute Gasteiger partial charge is 0.316 e. The third-order valence-electron chi connectivity index (χ3n) is 13.2. The number of ether oxygens (including phenoxy) is 1.